The first-order valence-corrected chi connectivity index (χ1v) is 10.4. The first kappa shape index (κ1) is 23.8. The number of hydrogen-bond acceptors (Lipinski definition) is 4. The minimum Gasteiger partial charge on any atom is -0.366 e. The molecule has 5 nitrogen and oxygen atoms in total. The number of rotatable bonds is 6. The van der Waals surface area contributed by atoms with Crippen molar-refractivity contribution in [1.82, 2.24) is 15.2 Å². The normalized spacial score (nSPS) is 17.2. The molecule has 2 heterocycles. The van der Waals surface area contributed by atoms with E-state index in [1.165, 1.54) is 6.08 Å². The van der Waals surface area contributed by atoms with Crippen LogP contribution in [-0.2, 0) is 11.3 Å². The molecule has 3 rings (SSSR count). The predicted molar refractivity (Wildman–Crippen MR) is 121 cm³/mol. The Bertz CT molecular complexity index is 980. The van der Waals surface area contributed by atoms with Crippen LogP contribution in [0.1, 0.15) is 11.1 Å². The monoisotopic (exact) mass is 442 g/mol. The van der Waals surface area contributed by atoms with E-state index >= 15 is 0 Å². The minimum absolute atomic E-state index is 0.0492. The van der Waals surface area contributed by atoms with Crippen molar-refractivity contribution in [1.29, 1.82) is 0 Å². The lowest BCUT2D eigenvalue weighted by Gasteiger charge is -2.43. The summed E-state index contributed by atoms with van der Waals surface area (Å²) in [6.45, 7) is 2.60. The summed E-state index contributed by atoms with van der Waals surface area (Å²) in [4.78, 5) is 19.0. The van der Waals surface area contributed by atoms with Crippen LogP contribution in [0, 0.1) is 6.92 Å². The zero-order chi connectivity index (χ0) is 23.3. The first-order chi connectivity index (χ1) is 15.3. The van der Waals surface area contributed by atoms with E-state index in [9.17, 15) is 18.0 Å². The topological polar surface area (TPSA) is 48.5 Å². The van der Waals surface area contributed by atoms with Gasteiger partial charge in [0.15, 0.2) is 0 Å². The molecule has 32 heavy (non-hydrogen) atoms. The highest BCUT2D eigenvalue weighted by molar-refractivity contribution is 6.10. The number of carbonyl (C=O) groups is 1. The zero-order valence-corrected chi connectivity index (χ0v) is 18.2. The fourth-order valence-corrected chi connectivity index (χ4v) is 3.94. The molecule has 1 amide bonds. The van der Waals surface area contributed by atoms with Gasteiger partial charge in [0.1, 0.15) is 6.04 Å². The summed E-state index contributed by atoms with van der Waals surface area (Å²) in [7, 11) is 7.21. The summed E-state index contributed by atoms with van der Waals surface area (Å²) in [5, 5.41) is 3.12. The maximum Gasteiger partial charge on any atom is 0.410 e. The van der Waals surface area contributed by atoms with Gasteiger partial charge in [0.2, 0.25) is 5.91 Å². The van der Waals surface area contributed by atoms with E-state index in [-0.39, 0.29) is 26.0 Å². The number of hydrogen-bond donors (Lipinski definition) is 1. The van der Waals surface area contributed by atoms with E-state index < -0.39 is 18.1 Å². The van der Waals surface area contributed by atoms with Crippen LogP contribution in [0.15, 0.2) is 48.8 Å². The summed E-state index contributed by atoms with van der Waals surface area (Å²) in [5.74, 6) is -0.681. The molecule has 1 N–H and O–H groups in total. The number of nitrogens with one attached hydrogen (secondary N) is 1. The molecule has 2 aromatic rings. The van der Waals surface area contributed by atoms with Gasteiger partial charge in [-0.25, -0.2) is 0 Å². The molecule has 0 saturated carbocycles. The lowest BCUT2D eigenvalue weighted by Crippen LogP contribution is -2.60. The quantitative estimate of drug-likeness (QED) is 0.550. The molecular weight excluding hydrogens is 416 g/mol. The Morgan fingerprint density at radius 2 is 2.09 bits per heavy atom. The number of allylic oxidation sites excluding steroid dienone is 1. The molecule has 1 aromatic heterocycles. The second kappa shape index (κ2) is 10.2. The molecule has 1 unspecified atom stereocenters. The SMILES string of the molecule is [B]C/C=C/C(=O)N1CCN(c2cnccc2-c2ccc(CNC)c(C)c2)CC1C(F)(F)F. The van der Waals surface area contributed by atoms with Crippen LogP contribution in [0.25, 0.3) is 11.1 Å². The highest BCUT2D eigenvalue weighted by Gasteiger charge is 2.48. The molecule has 1 aromatic carbocycles. The molecule has 1 atom stereocenters. The summed E-state index contributed by atoms with van der Waals surface area (Å²) >= 11 is 0. The van der Waals surface area contributed by atoms with Crippen LogP contribution >= 0.6 is 0 Å². The Balaban J connectivity index is 1.92. The summed E-state index contributed by atoms with van der Waals surface area (Å²) in [5.41, 5.74) is 4.58. The van der Waals surface area contributed by atoms with Gasteiger partial charge in [-0.05, 0) is 42.8 Å². The number of benzene rings is 1. The van der Waals surface area contributed by atoms with Gasteiger partial charge in [-0.3, -0.25) is 9.78 Å². The fourth-order valence-electron chi connectivity index (χ4n) is 3.94. The minimum atomic E-state index is -4.56. The van der Waals surface area contributed by atoms with Crippen molar-refractivity contribution in [3.8, 4) is 11.1 Å². The number of carbonyl (C=O) groups excluding carboxylic acids is 1. The van der Waals surface area contributed by atoms with Crippen molar-refractivity contribution in [2.75, 3.05) is 31.6 Å². The van der Waals surface area contributed by atoms with Gasteiger partial charge in [-0.2, -0.15) is 13.2 Å². The lowest BCUT2D eigenvalue weighted by molar-refractivity contribution is -0.188. The maximum atomic E-state index is 13.9. The zero-order valence-electron chi connectivity index (χ0n) is 18.2. The number of aromatic nitrogens is 1. The second-order valence-electron chi connectivity index (χ2n) is 7.74. The predicted octanol–water partition coefficient (Wildman–Crippen LogP) is 3.50. The van der Waals surface area contributed by atoms with Crippen LogP contribution in [-0.4, -0.2) is 62.5 Å². The Labute approximate surface area is 187 Å². The van der Waals surface area contributed by atoms with Crippen LogP contribution in [0.3, 0.4) is 0 Å². The molecule has 0 spiro atoms. The summed E-state index contributed by atoms with van der Waals surface area (Å²) in [6.07, 6.45) is 1.23. The number of amides is 1. The molecule has 1 aliphatic rings. The summed E-state index contributed by atoms with van der Waals surface area (Å²) < 4.78 is 41.6. The Kier molecular flexibility index (Phi) is 7.61. The number of anilines is 1. The van der Waals surface area contributed by atoms with Gasteiger partial charge in [-0.1, -0.05) is 30.6 Å². The third-order valence-corrected chi connectivity index (χ3v) is 5.60. The molecule has 1 fully saturated rings. The van der Waals surface area contributed by atoms with Crippen molar-refractivity contribution in [2.24, 2.45) is 0 Å². The van der Waals surface area contributed by atoms with Gasteiger partial charge >= 0.3 is 6.18 Å². The highest BCUT2D eigenvalue weighted by Crippen LogP contribution is 2.35. The highest BCUT2D eigenvalue weighted by atomic mass is 19.4. The molecule has 1 saturated heterocycles. The Morgan fingerprint density at radius 1 is 1.31 bits per heavy atom. The standard InChI is InChI=1S/C23H26BF3N4O/c1-16-12-17(5-6-18(16)13-28-2)19-7-9-29-14-20(19)30-10-11-31(22(32)4-3-8-24)21(15-30)23(25,26)27/h3-7,9,12,14,21,28H,8,10-11,13,15H2,1-2H3/b4-3+. The van der Waals surface area contributed by atoms with Crippen LogP contribution < -0.4 is 10.2 Å². The van der Waals surface area contributed by atoms with Crippen LogP contribution in [0.4, 0.5) is 18.9 Å². The molecule has 9 heteroatoms. The van der Waals surface area contributed by atoms with Gasteiger partial charge < -0.3 is 15.1 Å². The molecule has 2 radical (unpaired) electrons. The van der Waals surface area contributed by atoms with E-state index in [4.69, 9.17) is 7.85 Å². The van der Waals surface area contributed by atoms with E-state index in [1.807, 2.05) is 38.2 Å². The lowest BCUT2D eigenvalue weighted by atomic mass is 9.98. The van der Waals surface area contributed by atoms with Crippen molar-refractivity contribution < 1.29 is 18.0 Å². The molecule has 0 aliphatic carbocycles. The van der Waals surface area contributed by atoms with Crippen molar-refractivity contribution in [3.05, 3.63) is 59.9 Å². The smallest absolute Gasteiger partial charge is 0.366 e. The average Bonchev–Trinajstić information content (AvgIpc) is 2.78. The van der Waals surface area contributed by atoms with Gasteiger partial charge in [-0.15, -0.1) is 0 Å². The molecule has 0 bridgehead atoms. The van der Waals surface area contributed by atoms with Gasteiger partial charge in [0.25, 0.3) is 0 Å². The van der Waals surface area contributed by atoms with Crippen molar-refractivity contribution >= 4 is 19.4 Å². The largest absolute Gasteiger partial charge is 0.410 e. The number of alkyl halides is 3. The Morgan fingerprint density at radius 3 is 2.75 bits per heavy atom. The molecule has 168 valence electrons. The Hall–Kier alpha value is -2.81. The second-order valence-corrected chi connectivity index (χ2v) is 7.74. The van der Waals surface area contributed by atoms with Crippen molar-refractivity contribution in [3.63, 3.8) is 0 Å². The number of piperazine rings is 1. The number of pyridine rings is 1. The van der Waals surface area contributed by atoms with Crippen LogP contribution in [0.2, 0.25) is 6.32 Å². The van der Waals surface area contributed by atoms with Gasteiger partial charge in [0.05, 0.1) is 19.7 Å². The summed E-state index contributed by atoms with van der Waals surface area (Å²) in [6, 6.07) is 5.91. The van der Waals surface area contributed by atoms with E-state index in [1.54, 1.807) is 17.3 Å². The number of nitrogens with zero attached hydrogens (tertiary/aromatic N) is 3. The van der Waals surface area contributed by atoms with E-state index in [0.29, 0.717) is 5.69 Å². The van der Waals surface area contributed by atoms with Crippen LogP contribution in [0.5, 0.6) is 0 Å². The third-order valence-electron chi connectivity index (χ3n) is 5.60. The third kappa shape index (κ3) is 5.33. The number of halogens is 3. The molecular formula is C23H26BF3N4O. The number of aryl methyl sites for hydroxylation is 1. The van der Waals surface area contributed by atoms with Gasteiger partial charge in [0, 0.05) is 37.9 Å². The molecule has 1 aliphatic heterocycles. The fraction of sp³-hybridized carbons (Fsp3) is 0.391. The van der Waals surface area contributed by atoms with Crippen molar-refractivity contribution in [2.45, 2.75) is 32.0 Å². The van der Waals surface area contributed by atoms with E-state index in [2.05, 4.69) is 10.3 Å². The maximum absolute atomic E-state index is 13.9. The first-order valence-electron chi connectivity index (χ1n) is 10.4. The average molecular weight is 442 g/mol. The van der Waals surface area contributed by atoms with E-state index in [0.717, 1.165) is 39.8 Å².